The quantitative estimate of drug-likeness (QED) is 0.836. The van der Waals surface area contributed by atoms with Gasteiger partial charge < -0.3 is 14.4 Å². The van der Waals surface area contributed by atoms with Crippen molar-refractivity contribution < 1.29 is 9.47 Å². The number of nitrogens with zero attached hydrogens (tertiary/aromatic N) is 2. The number of anilines is 1. The normalized spacial score (nSPS) is 27.8. The van der Waals surface area contributed by atoms with Gasteiger partial charge in [0.05, 0.1) is 12.7 Å². The smallest absolute Gasteiger partial charge is 0.131 e. The Hall–Kier alpha value is -0.650. The summed E-state index contributed by atoms with van der Waals surface area (Å²) in [5.41, 5.74) is 1.20. The predicted octanol–water partition coefficient (Wildman–Crippen LogP) is 2.54. The highest BCUT2D eigenvalue weighted by Gasteiger charge is 2.31. The Labute approximate surface area is 122 Å². The third-order valence-corrected chi connectivity index (χ3v) is 4.22. The van der Waals surface area contributed by atoms with Crippen LogP contribution >= 0.6 is 15.9 Å². The lowest BCUT2D eigenvalue weighted by atomic mass is 10.1. The highest BCUT2D eigenvalue weighted by Crippen LogP contribution is 2.26. The van der Waals surface area contributed by atoms with Gasteiger partial charge in [0.15, 0.2) is 0 Å². The zero-order valence-corrected chi connectivity index (χ0v) is 12.7. The first-order valence-corrected chi connectivity index (χ1v) is 7.63. The van der Waals surface area contributed by atoms with E-state index in [4.69, 9.17) is 9.47 Å². The second-order valence-corrected chi connectivity index (χ2v) is 6.12. The molecule has 1 aromatic heterocycles. The van der Waals surface area contributed by atoms with E-state index in [1.807, 2.05) is 6.20 Å². The number of hydrogen-bond acceptors (Lipinski definition) is 4. The minimum atomic E-state index is 0.182. The number of morpholine rings is 1. The summed E-state index contributed by atoms with van der Waals surface area (Å²) in [5, 5.41) is 0. The van der Waals surface area contributed by atoms with E-state index in [0.717, 1.165) is 49.4 Å². The first-order chi connectivity index (χ1) is 9.24. The summed E-state index contributed by atoms with van der Waals surface area (Å²) in [6.07, 6.45) is 4.57. The second kappa shape index (κ2) is 5.77. The molecule has 4 nitrogen and oxygen atoms in total. The summed E-state index contributed by atoms with van der Waals surface area (Å²) in [7, 11) is 0. The first-order valence-electron chi connectivity index (χ1n) is 6.84. The van der Waals surface area contributed by atoms with E-state index in [1.165, 1.54) is 5.56 Å². The molecule has 3 rings (SSSR count). The standard InChI is InChI=1S/C14H19BrN2O2/c1-10-7-11(15)8-16-14(10)17-4-6-19-13(9-17)12-3-2-5-18-12/h7-8,12-13H,2-6,9H2,1H3/t12-,13-/m1/s1. The van der Waals surface area contributed by atoms with Crippen LogP contribution in [0.1, 0.15) is 18.4 Å². The summed E-state index contributed by atoms with van der Waals surface area (Å²) in [5.74, 6) is 1.06. The molecule has 0 saturated carbocycles. The minimum absolute atomic E-state index is 0.182. The van der Waals surface area contributed by atoms with E-state index >= 15 is 0 Å². The van der Waals surface area contributed by atoms with Crippen molar-refractivity contribution in [3.05, 3.63) is 22.3 Å². The Morgan fingerprint density at radius 1 is 1.32 bits per heavy atom. The molecule has 0 unspecified atom stereocenters. The van der Waals surface area contributed by atoms with Gasteiger partial charge in [-0.25, -0.2) is 4.98 Å². The van der Waals surface area contributed by atoms with Crippen LogP contribution in [-0.4, -0.2) is 43.5 Å². The zero-order valence-electron chi connectivity index (χ0n) is 11.1. The van der Waals surface area contributed by atoms with Crippen LogP contribution in [0.4, 0.5) is 5.82 Å². The van der Waals surface area contributed by atoms with Crippen LogP contribution in [-0.2, 0) is 9.47 Å². The molecule has 0 N–H and O–H groups in total. The van der Waals surface area contributed by atoms with E-state index in [0.29, 0.717) is 0 Å². The Bertz CT molecular complexity index is 449. The lowest BCUT2D eigenvalue weighted by Crippen LogP contribution is -2.48. The molecule has 0 aliphatic carbocycles. The number of aromatic nitrogens is 1. The monoisotopic (exact) mass is 326 g/mol. The van der Waals surface area contributed by atoms with E-state index in [9.17, 15) is 0 Å². The molecule has 0 aromatic carbocycles. The van der Waals surface area contributed by atoms with Crippen molar-refractivity contribution in [1.29, 1.82) is 0 Å². The topological polar surface area (TPSA) is 34.6 Å². The fourth-order valence-corrected chi connectivity index (χ4v) is 3.30. The van der Waals surface area contributed by atoms with Crippen molar-refractivity contribution >= 4 is 21.7 Å². The molecular weight excluding hydrogens is 308 g/mol. The van der Waals surface area contributed by atoms with Crippen molar-refractivity contribution in [3.8, 4) is 0 Å². The van der Waals surface area contributed by atoms with Crippen molar-refractivity contribution in [1.82, 2.24) is 4.98 Å². The molecule has 2 saturated heterocycles. The van der Waals surface area contributed by atoms with Gasteiger partial charge in [0, 0.05) is 30.4 Å². The fourth-order valence-electron chi connectivity index (χ4n) is 2.85. The van der Waals surface area contributed by atoms with E-state index in [-0.39, 0.29) is 12.2 Å². The van der Waals surface area contributed by atoms with E-state index < -0.39 is 0 Å². The molecule has 0 bridgehead atoms. The summed E-state index contributed by atoms with van der Waals surface area (Å²) < 4.78 is 12.6. The second-order valence-electron chi connectivity index (χ2n) is 5.20. The molecule has 104 valence electrons. The van der Waals surface area contributed by atoms with Crippen LogP contribution in [0.15, 0.2) is 16.7 Å². The lowest BCUT2D eigenvalue weighted by Gasteiger charge is -2.36. The van der Waals surface area contributed by atoms with E-state index in [1.54, 1.807) is 0 Å². The molecule has 0 spiro atoms. The van der Waals surface area contributed by atoms with Gasteiger partial charge in [-0.3, -0.25) is 0 Å². The van der Waals surface area contributed by atoms with Gasteiger partial charge in [-0.05, 0) is 47.3 Å². The number of halogens is 1. The molecule has 2 aliphatic heterocycles. The zero-order chi connectivity index (χ0) is 13.2. The van der Waals surface area contributed by atoms with Crippen molar-refractivity contribution in [3.63, 3.8) is 0 Å². The van der Waals surface area contributed by atoms with Crippen molar-refractivity contribution in [2.45, 2.75) is 32.0 Å². The van der Waals surface area contributed by atoms with Gasteiger partial charge in [0.25, 0.3) is 0 Å². The summed E-state index contributed by atoms with van der Waals surface area (Å²) >= 11 is 3.46. The molecule has 3 heterocycles. The molecule has 2 atom stereocenters. The highest BCUT2D eigenvalue weighted by atomic mass is 79.9. The van der Waals surface area contributed by atoms with Gasteiger partial charge in [-0.1, -0.05) is 0 Å². The maximum Gasteiger partial charge on any atom is 0.131 e. The molecule has 2 aliphatic rings. The maximum absolute atomic E-state index is 5.87. The fraction of sp³-hybridized carbons (Fsp3) is 0.643. The SMILES string of the molecule is Cc1cc(Br)cnc1N1CCO[C@@H]([C@H]2CCCO2)C1. The summed E-state index contributed by atoms with van der Waals surface area (Å²) in [4.78, 5) is 6.86. The van der Waals surface area contributed by atoms with Gasteiger partial charge in [-0.2, -0.15) is 0 Å². The Kier molecular flexibility index (Phi) is 4.05. The van der Waals surface area contributed by atoms with Crippen LogP contribution < -0.4 is 4.90 Å². The average Bonchev–Trinajstić information content (AvgIpc) is 2.93. The summed E-state index contributed by atoms with van der Waals surface area (Å²) in [6, 6.07) is 2.11. The third kappa shape index (κ3) is 2.93. The molecule has 2 fully saturated rings. The van der Waals surface area contributed by atoms with Crippen LogP contribution in [0.5, 0.6) is 0 Å². The van der Waals surface area contributed by atoms with Gasteiger partial charge in [0.2, 0.25) is 0 Å². The van der Waals surface area contributed by atoms with Crippen molar-refractivity contribution in [2.24, 2.45) is 0 Å². The number of aryl methyl sites for hydroxylation is 1. The Morgan fingerprint density at radius 2 is 2.16 bits per heavy atom. The van der Waals surface area contributed by atoms with Gasteiger partial charge in [0.1, 0.15) is 11.9 Å². The van der Waals surface area contributed by atoms with Crippen LogP contribution in [0.3, 0.4) is 0 Å². The largest absolute Gasteiger partial charge is 0.375 e. The molecular formula is C14H19BrN2O2. The number of rotatable bonds is 2. The van der Waals surface area contributed by atoms with E-state index in [2.05, 4.69) is 38.8 Å². The lowest BCUT2D eigenvalue weighted by molar-refractivity contribution is -0.0544. The molecule has 1 aromatic rings. The minimum Gasteiger partial charge on any atom is -0.375 e. The average molecular weight is 327 g/mol. The number of hydrogen-bond donors (Lipinski definition) is 0. The van der Waals surface area contributed by atoms with Gasteiger partial charge >= 0.3 is 0 Å². The Morgan fingerprint density at radius 3 is 2.89 bits per heavy atom. The van der Waals surface area contributed by atoms with Crippen LogP contribution in [0, 0.1) is 6.92 Å². The molecule has 0 radical (unpaired) electrons. The number of ether oxygens (including phenoxy) is 2. The molecule has 5 heteroatoms. The summed E-state index contributed by atoms with van der Waals surface area (Å²) in [6.45, 7) is 5.50. The van der Waals surface area contributed by atoms with Crippen LogP contribution in [0.25, 0.3) is 0 Å². The third-order valence-electron chi connectivity index (χ3n) is 3.79. The predicted molar refractivity (Wildman–Crippen MR) is 77.6 cm³/mol. The van der Waals surface area contributed by atoms with Gasteiger partial charge in [-0.15, -0.1) is 0 Å². The highest BCUT2D eigenvalue weighted by molar-refractivity contribution is 9.10. The first kappa shape index (κ1) is 13.3. The van der Waals surface area contributed by atoms with Crippen molar-refractivity contribution in [2.75, 3.05) is 31.2 Å². The molecule has 19 heavy (non-hydrogen) atoms. The Balaban J connectivity index is 1.73. The van der Waals surface area contributed by atoms with Crippen LogP contribution in [0.2, 0.25) is 0 Å². The molecule has 0 amide bonds. The maximum atomic E-state index is 5.87. The number of pyridine rings is 1.